The highest BCUT2D eigenvalue weighted by Gasteiger charge is 2.29. The molecule has 6 heteroatoms. The van der Waals surface area contributed by atoms with Crippen molar-refractivity contribution in [2.24, 2.45) is 0 Å². The predicted octanol–water partition coefficient (Wildman–Crippen LogP) is 2.82. The SMILES string of the molecule is CC(C)(CCn1cnc(-c2ccccc2)c1)NCC(=O)N1CCCC1C#N. The average molecular weight is 365 g/mol. The van der Waals surface area contributed by atoms with E-state index in [4.69, 9.17) is 5.26 Å². The van der Waals surface area contributed by atoms with E-state index in [1.54, 1.807) is 4.90 Å². The number of aromatic nitrogens is 2. The Morgan fingerprint density at radius 3 is 2.89 bits per heavy atom. The molecule has 1 unspecified atom stereocenters. The molecule has 0 bridgehead atoms. The summed E-state index contributed by atoms with van der Waals surface area (Å²) >= 11 is 0. The quantitative estimate of drug-likeness (QED) is 0.819. The molecule has 1 aliphatic rings. The van der Waals surface area contributed by atoms with Gasteiger partial charge < -0.3 is 14.8 Å². The molecule has 1 fully saturated rings. The highest BCUT2D eigenvalue weighted by atomic mass is 16.2. The van der Waals surface area contributed by atoms with Crippen molar-refractivity contribution in [3.05, 3.63) is 42.9 Å². The molecule has 1 saturated heterocycles. The van der Waals surface area contributed by atoms with Gasteiger partial charge in [0.15, 0.2) is 0 Å². The lowest BCUT2D eigenvalue weighted by atomic mass is 10.0. The number of nitrogens with one attached hydrogen (secondary N) is 1. The molecule has 142 valence electrons. The largest absolute Gasteiger partial charge is 0.337 e. The molecule has 1 aliphatic heterocycles. The number of aryl methyl sites for hydroxylation is 1. The molecule has 1 N–H and O–H groups in total. The van der Waals surface area contributed by atoms with Crippen LogP contribution in [-0.4, -0.2) is 45.0 Å². The number of hydrogen-bond donors (Lipinski definition) is 1. The predicted molar refractivity (Wildman–Crippen MR) is 105 cm³/mol. The van der Waals surface area contributed by atoms with Gasteiger partial charge in [0.1, 0.15) is 6.04 Å². The van der Waals surface area contributed by atoms with Crippen LogP contribution in [0.5, 0.6) is 0 Å². The van der Waals surface area contributed by atoms with E-state index in [1.807, 2.05) is 24.5 Å². The van der Waals surface area contributed by atoms with Gasteiger partial charge in [-0.1, -0.05) is 30.3 Å². The van der Waals surface area contributed by atoms with E-state index in [0.29, 0.717) is 6.54 Å². The monoisotopic (exact) mass is 365 g/mol. The first-order valence-electron chi connectivity index (χ1n) is 9.50. The third-order valence-corrected chi connectivity index (χ3v) is 5.14. The van der Waals surface area contributed by atoms with Gasteiger partial charge in [0.2, 0.25) is 5.91 Å². The Hall–Kier alpha value is -2.65. The van der Waals surface area contributed by atoms with Crippen LogP contribution in [0.3, 0.4) is 0 Å². The van der Waals surface area contributed by atoms with E-state index in [0.717, 1.165) is 37.1 Å². The molecule has 1 atom stereocenters. The van der Waals surface area contributed by atoms with Crippen molar-refractivity contribution < 1.29 is 4.79 Å². The van der Waals surface area contributed by atoms with Crippen LogP contribution in [0, 0.1) is 11.3 Å². The Morgan fingerprint density at radius 2 is 2.15 bits per heavy atom. The zero-order chi connectivity index (χ0) is 19.3. The summed E-state index contributed by atoms with van der Waals surface area (Å²) < 4.78 is 2.08. The van der Waals surface area contributed by atoms with Crippen LogP contribution in [0.4, 0.5) is 0 Å². The van der Waals surface area contributed by atoms with Crippen molar-refractivity contribution in [2.75, 3.05) is 13.1 Å². The van der Waals surface area contributed by atoms with E-state index in [9.17, 15) is 4.79 Å². The minimum Gasteiger partial charge on any atom is -0.337 e. The fourth-order valence-electron chi connectivity index (χ4n) is 3.35. The summed E-state index contributed by atoms with van der Waals surface area (Å²) in [6.45, 7) is 5.97. The molecule has 0 spiro atoms. The second kappa shape index (κ2) is 8.36. The lowest BCUT2D eigenvalue weighted by Gasteiger charge is -2.28. The molecular formula is C21H27N5O. The number of nitrogens with zero attached hydrogens (tertiary/aromatic N) is 4. The van der Waals surface area contributed by atoms with Crippen LogP contribution in [-0.2, 0) is 11.3 Å². The maximum absolute atomic E-state index is 12.4. The van der Waals surface area contributed by atoms with E-state index in [1.165, 1.54) is 0 Å². The average Bonchev–Trinajstić information content (AvgIpc) is 3.34. The number of likely N-dealkylation sites (tertiary alicyclic amines) is 1. The van der Waals surface area contributed by atoms with Crippen molar-refractivity contribution in [1.82, 2.24) is 19.8 Å². The standard InChI is InChI=1S/C21H27N5O/c1-21(2,24-14-20(27)26-11-6-9-18(26)13-22)10-12-25-15-19(23-16-25)17-7-4-3-5-8-17/h3-5,7-8,15-16,18,24H,6,9-12,14H2,1-2H3. The number of hydrogen-bond acceptors (Lipinski definition) is 4. The molecule has 2 aromatic rings. The maximum atomic E-state index is 12.4. The first kappa shape index (κ1) is 19.1. The molecule has 1 aromatic heterocycles. The molecule has 0 radical (unpaired) electrons. The van der Waals surface area contributed by atoms with Gasteiger partial charge in [-0.2, -0.15) is 5.26 Å². The zero-order valence-corrected chi connectivity index (χ0v) is 16.1. The smallest absolute Gasteiger partial charge is 0.237 e. The molecule has 0 aliphatic carbocycles. The second-order valence-corrected chi connectivity index (χ2v) is 7.72. The minimum atomic E-state index is -0.259. The van der Waals surface area contributed by atoms with Crippen molar-refractivity contribution in [3.8, 4) is 17.3 Å². The first-order valence-corrected chi connectivity index (χ1v) is 9.50. The van der Waals surface area contributed by atoms with Gasteiger partial charge in [0.05, 0.1) is 24.6 Å². The van der Waals surface area contributed by atoms with Gasteiger partial charge in [-0.25, -0.2) is 4.98 Å². The number of rotatable bonds is 7. The number of nitriles is 1. The van der Waals surface area contributed by atoms with Crippen LogP contribution in [0.25, 0.3) is 11.3 Å². The summed E-state index contributed by atoms with van der Waals surface area (Å²) in [5.41, 5.74) is 1.89. The lowest BCUT2D eigenvalue weighted by Crippen LogP contribution is -2.47. The fourth-order valence-corrected chi connectivity index (χ4v) is 3.35. The molecule has 3 rings (SSSR count). The van der Waals surface area contributed by atoms with Crippen molar-refractivity contribution >= 4 is 5.91 Å². The minimum absolute atomic E-state index is 0.0149. The molecule has 6 nitrogen and oxygen atoms in total. The van der Waals surface area contributed by atoms with Crippen LogP contribution in [0.2, 0.25) is 0 Å². The van der Waals surface area contributed by atoms with Gasteiger partial charge in [0, 0.05) is 30.4 Å². The van der Waals surface area contributed by atoms with Crippen LogP contribution < -0.4 is 5.32 Å². The van der Waals surface area contributed by atoms with E-state index in [-0.39, 0.29) is 24.0 Å². The first-order chi connectivity index (χ1) is 13.0. The third kappa shape index (κ3) is 4.95. The Kier molecular flexibility index (Phi) is 5.92. The number of carbonyl (C=O) groups is 1. The fraction of sp³-hybridized carbons (Fsp3) is 0.476. The van der Waals surface area contributed by atoms with Crippen LogP contribution in [0.15, 0.2) is 42.9 Å². The van der Waals surface area contributed by atoms with E-state index >= 15 is 0 Å². The molecule has 2 heterocycles. The lowest BCUT2D eigenvalue weighted by molar-refractivity contribution is -0.130. The molecular weight excluding hydrogens is 338 g/mol. The summed E-state index contributed by atoms with van der Waals surface area (Å²) in [4.78, 5) is 18.6. The normalized spacial score (nSPS) is 17.1. The Labute approximate surface area is 160 Å². The van der Waals surface area contributed by atoms with Crippen molar-refractivity contribution in [1.29, 1.82) is 5.26 Å². The van der Waals surface area contributed by atoms with Crippen molar-refractivity contribution in [2.45, 2.75) is 51.2 Å². The van der Waals surface area contributed by atoms with Crippen molar-refractivity contribution in [3.63, 3.8) is 0 Å². The van der Waals surface area contributed by atoms with Gasteiger partial charge in [-0.05, 0) is 33.1 Å². The molecule has 27 heavy (non-hydrogen) atoms. The second-order valence-electron chi connectivity index (χ2n) is 7.72. The number of benzene rings is 1. The molecule has 1 amide bonds. The Morgan fingerprint density at radius 1 is 1.37 bits per heavy atom. The summed E-state index contributed by atoms with van der Waals surface area (Å²) in [5.74, 6) is 0.0149. The summed E-state index contributed by atoms with van der Waals surface area (Å²) in [6, 6.07) is 12.1. The van der Waals surface area contributed by atoms with Gasteiger partial charge >= 0.3 is 0 Å². The number of imidazole rings is 1. The summed E-state index contributed by atoms with van der Waals surface area (Å²) in [6.07, 6.45) is 6.48. The third-order valence-electron chi connectivity index (χ3n) is 5.14. The van der Waals surface area contributed by atoms with E-state index in [2.05, 4.69) is 53.1 Å². The highest BCUT2D eigenvalue weighted by molar-refractivity contribution is 5.79. The van der Waals surface area contributed by atoms with Gasteiger partial charge in [-0.15, -0.1) is 0 Å². The summed E-state index contributed by atoms with van der Waals surface area (Å²) in [5, 5.41) is 12.5. The summed E-state index contributed by atoms with van der Waals surface area (Å²) in [7, 11) is 0. The number of amides is 1. The number of carbonyl (C=O) groups excluding carboxylic acids is 1. The van der Waals surface area contributed by atoms with E-state index < -0.39 is 0 Å². The van der Waals surface area contributed by atoms with Gasteiger partial charge in [-0.3, -0.25) is 4.79 Å². The molecule has 0 saturated carbocycles. The molecule has 1 aromatic carbocycles. The van der Waals surface area contributed by atoms with Gasteiger partial charge in [0.25, 0.3) is 0 Å². The van der Waals surface area contributed by atoms with Crippen LogP contribution in [0.1, 0.15) is 33.1 Å². The van der Waals surface area contributed by atoms with Crippen LogP contribution >= 0.6 is 0 Å². The highest BCUT2D eigenvalue weighted by Crippen LogP contribution is 2.18. The Bertz CT molecular complexity index is 805. The maximum Gasteiger partial charge on any atom is 0.237 e. The topological polar surface area (TPSA) is 74.0 Å². The Balaban J connectivity index is 1.49. The zero-order valence-electron chi connectivity index (χ0n) is 16.1.